The number of carbonyl (C=O) groups excluding carboxylic acids is 1. The summed E-state index contributed by atoms with van der Waals surface area (Å²) in [6.07, 6.45) is 2.69. The number of carbonyl (C=O) groups is 1. The van der Waals surface area contributed by atoms with Crippen molar-refractivity contribution < 1.29 is 13.2 Å². The van der Waals surface area contributed by atoms with Crippen molar-refractivity contribution in [1.29, 1.82) is 0 Å². The molecule has 1 amide bonds. The lowest BCUT2D eigenvalue weighted by Crippen LogP contribution is -2.42. The van der Waals surface area contributed by atoms with Gasteiger partial charge in [-0.25, -0.2) is 8.42 Å². The lowest BCUT2D eigenvalue weighted by Gasteiger charge is -2.29. The summed E-state index contributed by atoms with van der Waals surface area (Å²) < 4.78 is 24.0. The number of sulfone groups is 1. The number of hydrogen-bond acceptors (Lipinski definition) is 3. The summed E-state index contributed by atoms with van der Waals surface area (Å²) in [5.41, 5.74) is 2.08. The molecule has 27 heavy (non-hydrogen) atoms. The molecule has 2 aliphatic rings. The number of halogens is 1. The van der Waals surface area contributed by atoms with Crippen LogP contribution in [0.25, 0.3) is 0 Å². The maximum Gasteiger partial charge on any atom is 0.227 e. The van der Waals surface area contributed by atoms with Crippen molar-refractivity contribution in [2.45, 2.75) is 46.7 Å². The molecule has 4 nitrogen and oxygen atoms in total. The number of nitrogens with zero attached hydrogens (tertiary/aromatic N) is 1. The lowest BCUT2D eigenvalue weighted by molar-refractivity contribution is -0.136. The normalized spacial score (nSPS) is 27.8. The van der Waals surface area contributed by atoms with Crippen LogP contribution in [0, 0.1) is 17.3 Å². The van der Waals surface area contributed by atoms with Crippen LogP contribution < -0.4 is 0 Å². The standard InChI is InChI=1S/C21H28ClNO3S/c1-14(2)11-18-19(21(18,3)4)20(24)23(17-9-10-27(25,26)13-17)12-15-5-7-16(22)8-6-15/h5-8,11,17-19H,9-10,12-13H2,1-4H3/t17-,18+,19+/m0/s1. The third kappa shape index (κ3) is 4.40. The van der Waals surface area contributed by atoms with E-state index in [0.29, 0.717) is 18.0 Å². The van der Waals surface area contributed by atoms with Crippen molar-refractivity contribution in [1.82, 2.24) is 4.90 Å². The van der Waals surface area contributed by atoms with E-state index in [1.165, 1.54) is 5.57 Å². The van der Waals surface area contributed by atoms with Gasteiger partial charge in [0.15, 0.2) is 9.84 Å². The van der Waals surface area contributed by atoms with Crippen molar-refractivity contribution in [3.05, 3.63) is 46.5 Å². The number of hydrogen-bond donors (Lipinski definition) is 0. The quantitative estimate of drug-likeness (QED) is 0.688. The monoisotopic (exact) mass is 409 g/mol. The minimum absolute atomic E-state index is 0.0623. The molecule has 2 fully saturated rings. The van der Waals surface area contributed by atoms with Crippen LogP contribution >= 0.6 is 11.6 Å². The van der Waals surface area contributed by atoms with Gasteiger partial charge in [-0.1, -0.05) is 49.2 Å². The van der Waals surface area contributed by atoms with E-state index in [1.54, 1.807) is 17.0 Å². The molecule has 0 spiro atoms. The van der Waals surface area contributed by atoms with Gasteiger partial charge in [-0.3, -0.25) is 4.79 Å². The molecule has 3 atom stereocenters. The summed E-state index contributed by atoms with van der Waals surface area (Å²) >= 11 is 5.97. The van der Waals surface area contributed by atoms with E-state index in [4.69, 9.17) is 11.6 Å². The van der Waals surface area contributed by atoms with Gasteiger partial charge in [-0.2, -0.15) is 0 Å². The van der Waals surface area contributed by atoms with Crippen LogP contribution in [-0.4, -0.2) is 36.8 Å². The zero-order valence-corrected chi connectivity index (χ0v) is 18.0. The Hall–Kier alpha value is -1.33. The zero-order chi connectivity index (χ0) is 20.0. The van der Waals surface area contributed by atoms with Gasteiger partial charge in [0.25, 0.3) is 0 Å². The maximum atomic E-state index is 13.5. The molecule has 1 aliphatic carbocycles. The van der Waals surface area contributed by atoms with Crippen molar-refractivity contribution in [2.24, 2.45) is 17.3 Å². The highest BCUT2D eigenvalue weighted by molar-refractivity contribution is 7.91. The number of amides is 1. The Morgan fingerprint density at radius 1 is 1.26 bits per heavy atom. The largest absolute Gasteiger partial charge is 0.334 e. The third-order valence-corrected chi connectivity index (χ3v) is 7.89. The molecule has 1 aromatic carbocycles. The number of allylic oxidation sites excluding steroid dienone is 2. The summed E-state index contributed by atoms with van der Waals surface area (Å²) in [5, 5.41) is 0.645. The first kappa shape index (κ1) is 20.4. The first-order chi connectivity index (χ1) is 12.5. The van der Waals surface area contributed by atoms with Crippen LogP contribution in [-0.2, 0) is 21.2 Å². The molecule has 1 saturated heterocycles. The fourth-order valence-corrected chi connectivity index (χ4v) is 6.05. The smallest absolute Gasteiger partial charge is 0.227 e. The predicted octanol–water partition coefficient (Wildman–Crippen LogP) is 4.09. The molecule has 0 aromatic heterocycles. The van der Waals surface area contributed by atoms with E-state index >= 15 is 0 Å². The molecule has 1 aromatic rings. The molecule has 0 unspecified atom stereocenters. The van der Waals surface area contributed by atoms with E-state index in [0.717, 1.165) is 5.56 Å². The average Bonchev–Trinajstić information content (AvgIpc) is 2.90. The van der Waals surface area contributed by atoms with Gasteiger partial charge in [-0.15, -0.1) is 0 Å². The summed E-state index contributed by atoms with van der Waals surface area (Å²) in [6.45, 7) is 8.75. The second-order valence-electron chi connectivity index (χ2n) is 8.72. The second-order valence-corrected chi connectivity index (χ2v) is 11.4. The number of rotatable bonds is 5. The predicted molar refractivity (Wildman–Crippen MR) is 109 cm³/mol. The number of benzene rings is 1. The molecule has 148 valence electrons. The molecule has 1 saturated carbocycles. The van der Waals surface area contributed by atoms with E-state index in [1.807, 2.05) is 26.0 Å². The topological polar surface area (TPSA) is 54.5 Å². The second kappa shape index (κ2) is 7.25. The fourth-order valence-electron chi connectivity index (χ4n) is 4.19. The maximum absolute atomic E-state index is 13.5. The highest BCUT2D eigenvalue weighted by atomic mass is 35.5. The minimum atomic E-state index is -3.07. The highest BCUT2D eigenvalue weighted by Crippen LogP contribution is 2.60. The SMILES string of the molecule is CC(C)=C[C@@H]1[C@H](C(=O)N(Cc2ccc(Cl)cc2)[C@H]2CCS(=O)(=O)C2)C1(C)C. The highest BCUT2D eigenvalue weighted by Gasteiger charge is 2.61. The van der Waals surface area contributed by atoms with Crippen LogP contribution in [0.4, 0.5) is 0 Å². The third-order valence-electron chi connectivity index (χ3n) is 5.89. The summed E-state index contributed by atoms with van der Waals surface area (Å²) in [7, 11) is -3.07. The van der Waals surface area contributed by atoms with Gasteiger partial charge in [0.05, 0.1) is 17.4 Å². The van der Waals surface area contributed by atoms with Gasteiger partial charge >= 0.3 is 0 Å². The van der Waals surface area contributed by atoms with Crippen LogP contribution in [0.3, 0.4) is 0 Å². The molecular weight excluding hydrogens is 382 g/mol. The van der Waals surface area contributed by atoms with Crippen LogP contribution in [0.5, 0.6) is 0 Å². The van der Waals surface area contributed by atoms with Gasteiger partial charge in [0.2, 0.25) is 5.91 Å². The van der Waals surface area contributed by atoms with E-state index < -0.39 is 9.84 Å². The van der Waals surface area contributed by atoms with Gasteiger partial charge in [-0.05, 0) is 49.3 Å². The average molecular weight is 410 g/mol. The Morgan fingerprint density at radius 2 is 1.89 bits per heavy atom. The zero-order valence-electron chi connectivity index (χ0n) is 16.4. The van der Waals surface area contributed by atoms with Gasteiger partial charge in [0, 0.05) is 17.6 Å². The molecule has 1 aliphatic heterocycles. The molecule has 0 radical (unpaired) electrons. The lowest BCUT2D eigenvalue weighted by atomic mass is 10.1. The molecule has 6 heteroatoms. The Labute approximate surface area is 167 Å². The Bertz CT molecular complexity index is 854. The first-order valence-electron chi connectivity index (χ1n) is 9.41. The molecule has 0 bridgehead atoms. The summed E-state index contributed by atoms with van der Waals surface area (Å²) in [6, 6.07) is 7.16. The molecule has 1 heterocycles. The van der Waals surface area contributed by atoms with E-state index in [9.17, 15) is 13.2 Å². The molecule has 3 rings (SSSR count). The van der Waals surface area contributed by atoms with Crippen LogP contribution in [0.15, 0.2) is 35.9 Å². The summed E-state index contributed by atoms with van der Waals surface area (Å²) in [4.78, 5) is 15.3. The van der Waals surface area contributed by atoms with Crippen LogP contribution in [0.1, 0.15) is 39.7 Å². The Kier molecular flexibility index (Phi) is 5.48. The van der Waals surface area contributed by atoms with E-state index in [2.05, 4.69) is 19.9 Å². The molecule has 0 N–H and O–H groups in total. The Morgan fingerprint density at radius 3 is 2.41 bits per heavy atom. The van der Waals surface area contributed by atoms with E-state index in [-0.39, 0.29) is 40.7 Å². The van der Waals surface area contributed by atoms with Crippen molar-refractivity contribution >= 4 is 27.3 Å². The van der Waals surface area contributed by atoms with Crippen molar-refractivity contribution in [3.63, 3.8) is 0 Å². The van der Waals surface area contributed by atoms with Crippen molar-refractivity contribution in [3.8, 4) is 0 Å². The Balaban J connectivity index is 1.86. The van der Waals surface area contributed by atoms with Crippen molar-refractivity contribution in [2.75, 3.05) is 11.5 Å². The molecular formula is C21H28ClNO3S. The van der Waals surface area contributed by atoms with Crippen LogP contribution in [0.2, 0.25) is 5.02 Å². The summed E-state index contributed by atoms with van der Waals surface area (Å²) in [5.74, 6) is 0.406. The van der Waals surface area contributed by atoms with Gasteiger partial charge < -0.3 is 4.90 Å². The minimum Gasteiger partial charge on any atom is -0.334 e. The van der Waals surface area contributed by atoms with Gasteiger partial charge in [0.1, 0.15) is 0 Å². The first-order valence-corrected chi connectivity index (χ1v) is 11.6. The fraction of sp³-hybridized carbons (Fsp3) is 0.571.